The van der Waals surface area contributed by atoms with Crippen molar-refractivity contribution in [1.29, 1.82) is 0 Å². The largest absolute Gasteiger partial charge is 0.493 e. The highest BCUT2D eigenvalue weighted by Gasteiger charge is 2.34. The summed E-state index contributed by atoms with van der Waals surface area (Å²) in [5.41, 5.74) is 0.876. The number of ether oxygens (including phenoxy) is 1. The number of rotatable bonds is 5. The van der Waals surface area contributed by atoms with Gasteiger partial charge in [0.1, 0.15) is 17.6 Å². The zero-order chi connectivity index (χ0) is 19.0. The van der Waals surface area contributed by atoms with Crippen LogP contribution in [0.25, 0.3) is 0 Å². The molecule has 0 aliphatic carbocycles. The van der Waals surface area contributed by atoms with Crippen molar-refractivity contribution in [2.24, 2.45) is 0 Å². The van der Waals surface area contributed by atoms with Gasteiger partial charge in [-0.2, -0.15) is 9.82 Å². The smallest absolute Gasteiger partial charge is 0.246 e. The zero-order valence-electron chi connectivity index (χ0n) is 15.1. The van der Waals surface area contributed by atoms with Crippen molar-refractivity contribution in [2.45, 2.75) is 43.7 Å². The minimum atomic E-state index is -3.80. The van der Waals surface area contributed by atoms with Gasteiger partial charge in [-0.1, -0.05) is 0 Å². The van der Waals surface area contributed by atoms with E-state index in [1.165, 1.54) is 6.07 Å². The van der Waals surface area contributed by atoms with E-state index in [4.69, 9.17) is 4.74 Å². The maximum atomic E-state index is 12.9. The molecule has 2 aliphatic heterocycles. The quantitative estimate of drug-likeness (QED) is 0.831. The van der Waals surface area contributed by atoms with E-state index in [9.17, 15) is 13.2 Å². The lowest BCUT2D eigenvalue weighted by Gasteiger charge is -2.32. The van der Waals surface area contributed by atoms with E-state index in [1.807, 2.05) is 6.92 Å². The van der Waals surface area contributed by atoms with Crippen LogP contribution in [0.3, 0.4) is 0 Å². The Morgan fingerprint density at radius 1 is 1.33 bits per heavy atom. The average molecular weight is 390 g/mol. The first-order chi connectivity index (χ1) is 13.0. The van der Waals surface area contributed by atoms with Gasteiger partial charge in [-0.25, -0.2) is 13.1 Å². The van der Waals surface area contributed by atoms with Crippen LogP contribution >= 0.6 is 0 Å². The fourth-order valence-electron chi connectivity index (χ4n) is 3.60. The number of hydrogen-bond acceptors (Lipinski definition) is 5. The van der Waals surface area contributed by atoms with Gasteiger partial charge in [0, 0.05) is 25.6 Å². The zero-order valence-corrected chi connectivity index (χ0v) is 15.9. The van der Waals surface area contributed by atoms with Gasteiger partial charge in [0.15, 0.2) is 0 Å². The molecule has 144 valence electrons. The molecule has 1 amide bonds. The molecular weight excluding hydrogens is 368 g/mol. The number of aromatic nitrogens is 2. The van der Waals surface area contributed by atoms with Crippen LogP contribution in [0.2, 0.25) is 0 Å². The Balaban J connectivity index is 1.55. The van der Waals surface area contributed by atoms with E-state index in [0.29, 0.717) is 44.8 Å². The maximum Gasteiger partial charge on any atom is 0.246 e. The Hall–Kier alpha value is -2.39. The van der Waals surface area contributed by atoms with Gasteiger partial charge >= 0.3 is 0 Å². The number of nitrogens with one attached hydrogen (secondary N) is 1. The highest BCUT2D eigenvalue weighted by molar-refractivity contribution is 7.89. The summed E-state index contributed by atoms with van der Waals surface area (Å²) >= 11 is 0. The van der Waals surface area contributed by atoms with Crippen LogP contribution in [-0.2, 0) is 27.8 Å². The molecule has 9 heteroatoms. The summed E-state index contributed by atoms with van der Waals surface area (Å²) in [5.74, 6) is 1.17. The molecule has 2 aliphatic rings. The van der Waals surface area contributed by atoms with E-state index >= 15 is 0 Å². The number of fused-ring (bicyclic) bond motifs is 1. The highest BCUT2D eigenvalue weighted by atomic mass is 32.2. The van der Waals surface area contributed by atoms with Gasteiger partial charge < -0.3 is 4.74 Å². The van der Waals surface area contributed by atoms with E-state index in [0.717, 1.165) is 11.3 Å². The normalized spacial score (nSPS) is 19.8. The number of carbonyl (C=O) groups is 1. The van der Waals surface area contributed by atoms with Crippen LogP contribution in [0, 0.1) is 0 Å². The Morgan fingerprint density at radius 3 is 3.00 bits per heavy atom. The van der Waals surface area contributed by atoms with Crippen molar-refractivity contribution >= 4 is 21.7 Å². The number of carbonyl (C=O) groups excluding carboxylic acids is 1. The molecule has 2 aromatic rings. The lowest BCUT2D eigenvalue weighted by molar-refractivity contribution is -0.121. The molecule has 27 heavy (non-hydrogen) atoms. The van der Waals surface area contributed by atoms with Gasteiger partial charge in [-0.15, -0.1) is 0 Å². The minimum Gasteiger partial charge on any atom is -0.493 e. The predicted molar refractivity (Wildman–Crippen MR) is 99.2 cm³/mol. The van der Waals surface area contributed by atoms with Crippen LogP contribution in [0.5, 0.6) is 5.75 Å². The molecule has 0 saturated carbocycles. The first-order valence-electron chi connectivity index (χ1n) is 9.11. The third-order valence-electron chi connectivity index (χ3n) is 4.98. The monoisotopic (exact) mass is 390 g/mol. The first-order valence-corrected chi connectivity index (χ1v) is 10.6. The minimum absolute atomic E-state index is 0.162. The standard InChI is InChI=1S/C18H22N4O4S/c1-2-22-17(7-9-19-22)21-10-3-4-15(18(21)23)20-27(24,25)14-5-6-16-13(12-14)8-11-26-16/h5-7,9,12,15,20H,2-4,8,10-11H2,1H3/t15-/m0/s1. The van der Waals surface area contributed by atoms with Crippen LogP contribution in [0.4, 0.5) is 5.82 Å². The number of benzene rings is 1. The second-order valence-electron chi connectivity index (χ2n) is 6.68. The second-order valence-corrected chi connectivity index (χ2v) is 8.39. The van der Waals surface area contributed by atoms with E-state index in [-0.39, 0.29) is 10.8 Å². The number of nitrogens with zero attached hydrogens (tertiary/aromatic N) is 3. The molecule has 0 radical (unpaired) electrons. The molecule has 0 unspecified atom stereocenters. The van der Waals surface area contributed by atoms with Crippen LogP contribution in [-0.4, -0.2) is 43.3 Å². The number of anilines is 1. The van der Waals surface area contributed by atoms with Gasteiger partial charge in [0.2, 0.25) is 15.9 Å². The molecule has 1 aromatic carbocycles. The van der Waals surface area contributed by atoms with E-state index < -0.39 is 16.1 Å². The maximum absolute atomic E-state index is 12.9. The topological polar surface area (TPSA) is 93.5 Å². The van der Waals surface area contributed by atoms with Crippen LogP contribution in [0.1, 0.15) is 25.3 Å². The van der Waals surface area contributed by atoms with Crippen molar-refractivity contribution in [2.75, 3.05) is 18.1 Å². The summed E-state index contributed by atoms with van der Waals surface area (Å²) in [6, 6.07) is 5.81. The average Bonchev–Trinajstić information content (AvgIpc) is 3.31. The number of aryl methyl sites for hydroxylation is 1. The SMILES string of the molecule is CCn1nccc1N1CCC[C@H](NS(=O)(=O)c2ccc3c(c2)CCO3)C1=O. The fourth-order valence-corrected chi connectivity index (χ4v) is 4.87. The molecule has 4 rings (SSSR count). The summed E-state index contributed by atoms with van der Waals surface area (Å²) in [6.45, 7) is 3.70. The van der Waals surface area contributed by atoms with Gasteiger partial charge in [-0.05, 0) is 43.5 Å². The highest BCUT2D eigenvalue weighted by Crippen LogP contribution is 2.28. The molecule has 1 atom stereocenters. The molecule has 1 fully saturated rings. The third kappa shape index (κ3) is 3.32. The lowest BCUT2D eigenvalue weighted by atomic mass is 10.1. The molecule has 0 bridgehead atoms. The van der Waals surface area contributed by atoms with Crippen molar-refractivity contribution < 1.29 is 17.9 Å². The van der Waals surface area contributed by atoms with Crippen LogP contribution in [0.15, 0.2) is 35.4 Å². The Bertz CT molecular complexity index is 969. The summed E-state index contributed by atoms with van der Waals surface area (Å²) in [7, 11) is -3.80. The second kappa shape index (κ2) is 6.97. The van der Waals surface area contributed by atoms with Crippen molar-refractivity contribution in [3.63, 3.8) is 0 Å². The molecule has 1 aromatic heterocycles. The van der Waals surface area contributed by atoms with E-state index in [2.05, 4.69) is 9.82 Å². The van der Waals surface area contributed by atoms with Crippen molar-refractivity contribution in [3.8, 4) is 5.75 Å². The van der Waals surface area contributed by atoms with Gasteiger partial charge in [0.05, 0.1) is 17.7 Å². The molecule has 1 saturated heterocycles. The number of amides is 1. The van der Waals surface area contributed by atoms with Crippen LogP contribution < -0.4 is 14.4 Å². The van der Waals surface area contributed by atoms with Gasteiger partial charge in [0.25, 0.3) is 0 Å². The van der Waals surface area contributed by atoms with E-state index in [1.54, 1.807) is 34.0 Å². The Kier molecular flexibility index (Phi) is 4.65. The lowest BCUT2D eigenvalue weighted by Crippen LogP contribution is -2.52. The molecule has 0 spiro atoms. The van der Waals surface area contributed by atoms with Crippen molar-refractivity contribution in [1.82, 2.24) is 14.5 Å². The molecule has 1 N–H and O–H groups in total. The predicted octanol–water partition coefficient (Wildman–Crippen LogP) is 1.31. The fraction of sp³-hybridized carbons (Fsp3) is 0.444. The number of piperidine rings is 1. The number of sulfonamides is 1. The summed E-state index contributed by atoms with van der Waals surface area (Å²) in [5, 5.41) is 4.20. The molecular formula is C18H22N4O4S. The third-order valence-corrected chi connectivity index (χ3v) is 6.45. The molecule has 3 heterocycles. The molecule has 8 nitrogen and oxygen atoms in total. The summed E-state index contributed by atoms with van der Waals surface area (Å²) in [4.78, 5) is 14.7. The number of hydrogen-bond donors (Lipinski definition) is 1. The summed E-state index contributed by atoms with van der Waals surface area (Å²) < 4.78 is 35.4. The van der Waals surface area contributed by atoms with Crippen molar-refractivity contribution in [3.05, 3.63) is 36.0 Å². The Labute approximate surface area is 158 Å². The Morgan fingerprint density at radius 2 is 2.19 bits per heavy atom. The van der Waals surface area contributed by atoms with Gasteiger partial charge in [-0.3, -0.25) is 9.69 Å². The summed E-state index contributed by atoms with van der Waals surface area (Å²) in [6.07, 6.45) is 3.52. The first kappa shape index (κ1) is 18.0.